The summed E-state index contributed by atoms with van der Waals surface area (Å²) in [4.78, 5) is 19.8. The maximum Gasteiger partial charge on any atom is 0.223 e. The molecule has 2 saturated heterocycles. The van der Waals surface area contributed by atoms with Crippen LogP contribution in [0.1, 0.15) is 36.8 Å². The fourth-order valence-corrected chi connectivity index (χ4v) is 5.21. The summed E-state index contributed by atoms with van der Waals surface area (Å²) in [6.45, 7) is 5.93. The van der Waals surface area contributed by atoms with E-state index < -0.39 is 0 Å². The van der Waals surface area contributed by atoms with E-state index in [1.54, 1.807) is 0 Å². The lowest BCUT2D eigenvalue weighted by atomic mass is 10.1. The molecule has 3 aromatic rings. The smallest absolute Gasteiger partial charge is 0.223 e. The molecule has 5 nitrogen and oxygen atoms in total. The molecule has 0 N–H and O–H groups in total. The van der Waals surface area contributed by atoms with Gasteiger partial charge in [0.05, 0.1) is 5.69 Å². The molecular weight excluding hydrogens is 446 g/mol. The SMILES string of the molecule is O=C(CCc1ccccc1)N1CCN(c2cc(N3CCCCC3)ccc2OCc2ccccc2)CC1. The number of hydrogen-bond donors (Lipinski definition) is 0. The zero-order valence-corrected chi connectivity index (χ0v) is 21.1. The van der Waals surface area contributed by atoms with Crippen molar-refractivity contribution < 1.29 is 9.53 Å². The van der Waals surface area contributed by atoms with Gasteiger partial charge in [0, 0.05) is 51.4 Å². The zero-order chi connectivity index (χ0) is 24.6. The highest BCUT2D eigenvalue weighted by atomic mass is 16.5. The van der Waals surface area contributed by atoms with Gasteiger partial charge in [0.25, 0.3) is 0 Å². The second-order valence-electron chi connectivity index (χ2n) is 9.83. The van der Waals surface area contributed by atoms with Gasteiger partial charge in [-0.1, -0.05) is 60.7 Å². The Morgan fingerprint density at radius 1 is 0.694 bits per heavy atom. The first-order chi connectivity index (χ1) is 17.8. The molecule has 5 heteroatoms. The van der Waals surface area contributed by atoms with Gasteiger partial charge >= 0.3 is 0 Å². The van der Waals surface area contributed by atoms with Crippen molar-refractivity contribution in [3.8, 4) is 5.75 Å². The molecule has 2 aliphatic rings. The Morgan fingerprint density at radius 2 is 1.36 bits per heavy atom. The molecule has 3 aromatic carbocycles. The third-order valence-corrected chi connectivity index (χ3v) is 7.34. The number of piperazine rings is 1. The van der Waals surface area contributed by atoms with Crippen molar-refractivity contribution in [2.24, 2.45) is 0 Å². The van der Waals surface area contributed by atoms with Crippen molar-refractivity contribution in [1.82, 2.24) is 4.90 Å². The van der Waals surface area contributed by atoms with Gasteiger partial charge in [-0.05, 0) is 55.0 Å². The average Bonchev–Trinajstić information content (AvgIpc) is 2.96. The molecule has 0 atom stereocenters. The van der Waals surface area contributed by atoms with Gasteiger partial charge in [0.2, 0.25) is 5.91 Å². The largest absolute Gasteiger partial charge is 0.487 e. The van der Waals surface area contributed by atoms with Gasteiger partial charge in [0.15, 0.2) is 0 Å². The van der Waals surface area contributed by atoms with Gasteiger partial charge in [-0.2, -0.15) is 0 Å². The Labute approximate surface area is 215 Å². The first-order valence-corrected chi connectivity index (χ1v) is 13.4. The predicted molar refractivity (Wildman–Crippen MR) is 147 cm³/mol. The molecule has 2 fully saturated rings. The normalized spacial score (nSPS) is 16.2. The minimum atomic E-state index is 0.251. The van der Waals surface area contributed by atoms with Crippen molar-refractivity contribution in [1.29, 1.82) is 0 Å². The summed E-state index contributed by atoms with van der Waals surface area (Å²) in [7, 11) is 0. The van der Waals surface area contributed by atoms with Crippen LogP contribution >= 0.6 is 0 Å². The van der Waals surface area contributed by atoms with Gasteiger partial charge in [-0.25, -0.2) is 0 Å². The third-order valence-electron chi connectivity index (χ3n) is 7.34. The van der Waals surface area contributed by atoms with Crippen LogP contribution < -0.4 is 14.5 Å². The van der Waals surface area contributed by atoms with E-state index in [-0.39, 0.29) is 5.91 Å². The van der Waals surface area contributed by atoms with Crippen LogP contribution in [0.2, 0.25) is 0 Å². The number of anilines is 2. The topological polar surface area (TPSA) is 36.0 Å². The number of carbonyl (C=O) groups is 1. The van der Waals surface area contributed by atoms with Crippen LogP contribution in [-0.4, -0.2) is 50.1 Å². The molecule has 0 spiro atoms. The highest BCUT2D eigenvalue weighted by Crippen LogP contribution is 2.35. The Morgan fingerprint density at radius 3 is 2.06 bits per heavy atom. The molecule has 0 unspecified atom stereocenters. The number of benzene rings is 3. The van der Waals surface area contributed by atoms with Crippen molar-refractivity contribution in [3.63, 3.8) is 0 Å². The van der Waals surface area contributed by atoms with Crippen LogP contribution in [0.25, 0.3) is 0 Å². The Hall–Kier alpha value is -3.47. The molecule has 0 radical (unpaired) electrons. The lowest BCUT2D eigenvalue weighted by molar-refractivity contribution is -0.131. The minimum absolute atomic E-state index is 0.251. The lowest BCUT2D eigenvalue weighted by Crippen LogP contribution is -2.49. The van der Waals surface area contributed by atoms with E-state index in [0.717, 1.165) is 62.7 Å². The highest BCUT2D eigenvalue weighted by molar-refractivity contribution is 5.77. The van der Waals surface area contributed by atoms with Crippen LogP contribution in [-0.2, 0) is 17.8 Å². The van der Waals surface area contributed by atoms with Crippen LogP contribution in [0.15, 0.2) is 78.9 Å². The Balaban J connectivity index is 1.25. The molecule has 188 valence electrons. The van der Waals surface area contributed by atoms with Gasteiger partial charge < -0.3 is 19.4 Å². The Kier molecular flexibility index (Phi) is 8.06. The molecule has 1 amide bonds. The summed E-state index contributed by atoms with van der Waals surface area (Å²) in [5.41, 5.74) is 4.81. The number of carbonyl (C=O) groups excluding carboxylic acids is 1. The maximum atomic E-state index is 12.9. The number of amides is 1. The highest BCUT2D eigenvalue weighted by Gasteiger charge is 2.24. The second-order valence-corrected chi connectivity index (χ2v) is 9.83. The van der Waals surface area contributed by atoms with Gasteiger partial charge in [-0.3, -0.25) is 4.79 Å². The van der Waals surface area contributed by atoms with E-state index >= 15 is 0 Å². The molecule has 0 saturated carbocycles. The summed E-state index contributed by atoms with van der Waals surface area (Å²) in [6.07, 6.45) is 5.20. The number of nitrogens with zero attached hydrogens (tertiary/aromatic N) is 3. The second kappa shape index (κ2) is 12.0. The molecule has 0 aliphatic carbocycles. The molecule has 0 bridgehead atoms. The molecular formula is C31H37N3O2. The van der Waals surface area contributed by atoms with Gasteiger partial charge in [-0.15, -0.1) is 0 Å². The number of ether oxygens (including phenoxy) is 1. The standard InChI is InChI=1S/C31H37N3O2/c35-31(17-14-26-10-4-1-5-11-26)34-22-20-33(21-23-34)29-24-28(32-18-8-3-9-19-32)15-16-30(29)36-25-27-12-6-2-7-13-27/h1-2,4-7,10-13,15-16,24H,3,8-9,14,17-23,25H2. The number of aryl methyl sites for hydroxylation is 1. The fourth-order valence-electron chi connectivity index (χ4n) is 5.21. The van der Waals surface area contributed by atoms with E-state index in [4.69, 9.17) is 4.74 Å². The van der Waals surface area contributed by atoms with E-state index in [0.29, 0.717) is 13.0 Å². The quantitative estimate of drug-likeness (QED) is 0.422. The first kappa shape index (κ1) is 24.2. The zero-order valence-electron chi connectivity index (χ0n) is 21.1. The average molecular weight is 484 g/mol. The summed E-state index contributed by atoms with van der Waals surface area (Å²) < 4.78 is 6.34. The van der Waals surface area contributed by atoms with Crippen LogP contribution in [0.3, 0.4) is 0 Å². The summed E-state index contributed by atoms with van der Waals surface area (Å²) >= 11 is 0. The summed E-state index contributed by atoms with van der Waals surface area (Å²) in [6, 6.07) is 27.3. The fraction of sp³-hybridized carbons (Fsp3) is 0.387. The van der Waals surface area contributed by atoms with Crippen LogP contribution in [0, 0.1) is 0 Å². The lowest BCUT2D eigenvalue weighted by Gasteiger charge is -2.37. The van der Waals surface area contributed by atoms with E-state index in [1.807, 2.05) is 41.3 Å². The van der Waals surface area contributed by atoms with Crippen LogP contribution in [0.4, 0.5) is 11.4 Å². The maximum absolute atomic E-state index is 12.9. The number of hydrogen-bond acceptors (Lipinski definition) is 4. The molecule has 0 aromatic heterocycles. The summed E-state index contributed by atoms with van der Waals surface area (Å²) in [5, 5.41) is 0. The minimum Gasteiger partial charge on any atom is -0.487 e. The van der Waals surface area contributed by atoms with Gasteiger partial charge in [0.1, 0.15) is 12.4 Å². The monoisotopic (exact) mass is 483 g/mol. The molecule has 2 aliphatic heterocycles. The third kappa shape index (κ3) is 6.20. The first-order valence-electron chi connectivity index (χ1n) is 13.4. The summed E-state index contributed by atoms with van der Waals surface area (Å²) in [5.74, 6) is 1.17. The van der Waals surface area contributed by atoms with E-state index in [9.17, 15) is 4.79 Å². The van der Waals surface area contributed by atoms with Crippen molar-refractivity contribution in [2.45, 2.75) is 38.7 Å². The number of rotatable bonds is 8. The molecule has 2 heterocycles. The number of piperidine rings is 1. The molecule has 5 rings (SSSR count). The van der Waals surface area contributed by atoms with E-state index in [2.05, 4.69) is 52.3 Å². The van der Waals surface area contributed by atoms with Crippen LogP contribution in [0.5, 0.6) is 5.75 Å². The van der Waals surface area contributed by atoms with E-state index in [1.165, 1.54) is 30.5 Å². The molecule has 36 heavy (non-hydrogen) atoms. The van der Waals surface area contributed by atoms with Crippen molar-refractivity contribution >= 4 is 17.3 Å². The van der Waals surface area contributed by atoms with Crippen molar-refractivity contribution in [2.75, 3.05) is 49.1 Å². The predicted octanol–water partition coefficient (Wildman–Crippen LogP) is 5.54. The van der Waals surface area contributed by atoms with Crippen molar-refractivity contribution in [3.05, 3.63) is 90.0 Å². The Bertz CT molecular complexity index is 1110.